The van der Waals surface area contributed by atoms with Gasteiger partial charge in [0.25, 0.3) is 0 Å². The van der Waals surface area contributed by atoms with Gasteiger partial charge >= 0.3 is 12.1 Å². The van der Waals surface area contributed by atoms with Crippen molar-refractivity contribution in [3.8, 4) is 10.4 Å². The van der Waals surface area contributed by atoms with E-state index in [1.165, 1.54) is 17.4 Å². The van der Waals surface area contributed by atoms with E-state index in [1.807, 2.05) is 13.0 Å². The van der Waals surface area contributed by atoms with E-state index in [9.17, 15) is 23.1 Å². The van der Waals surface area contributed by atoms with E-state index in [0.717, 1.165) is 34.7 Å². The Morgan fingerprint density at radius 1 is 1.09 bits per heavy atom. The number of aliphatic hydroxyl groups is 1. The minimum atomic E-state index is -4.58. The van der Waals surface area contributed by atoms with Crippen LogP contribution in [0.5, 0.6) is 0 Å². The van der Waals surface area contributed by atoms with E-state index >= 15 is 0 Å². The third-order valence-corrected chi connectivity index (χ3v) is 7.32. The van der Waals surface area contributed by atoms with Crippen molar-refractivity contribution in [1.82, 2.24) is 15.0 Å². The van der Waals surface area contributed by atoms with E-state index in [0.29, 0.717) is 20.4 Å². The number of thiophene rings is 1. The maximum Gasteiger partial charge on any atom is 0.433 e. The molecular formula is C22H17F3N4O3S2. The molecule has 1 atom stereocenters. The Labute approximate surface area is 199 Å². The number of aryl methyl sites for hydroxylation is 1. The summed E-state index contributed by atoms with van der Waals surface area (Å²) in [7, 11) is 0. The first-order valence-electron chi connectivity index (χ1n) is 9.75. The number of halogens is 3. The molecule has 0 aliphatic carbocycles. The molecule has 12 heteroatoms. The molecule has 1 unspecified atom stereocenters. The summed E-state index contributed by atoms with van der Waals surface area (Å²) in [5, 5.41) is 23.4. The SMILES string of the molecule is Cc1cc(Nc2nccc(C(F)(F)F)n2)cc(-c2cnc(C(C)(O)c3ccc(C(=O)O)s3)s2)c1. The van der Waals surface area contributed by atoms with E-state index in [1.54, 1.807) is 31.3 Å². The van der Waals surface area contributed by atoms with Gasteiger partial charge in [0.1, 0.15) is 21.2 Å². The lowest BCUT2D eigenvalue weighted by atomic mass is 10.1. The topological polar surface area (TPSA) is 108 Å². The molecule has 7 nitrogen and oxygen atoms in total. The van der Waals surface area contributed by atoms with Crippen molar-refractivity contribution in [2.24, 2.45) is 0 Å². The summed E-state index contributed by atoms with van der Waals surface area (Å²) >= 11 is 2.20. The average molecular weight is 507 g/mol. The lowest BCUT2D eigenvalue weighted by Crippen LogP contribution is -2.20. The Balaban J connectivity index is 1.62. The minimum Gasteiger partial charge on any atom is -0.477 e. The van der Waals surface area contributed by atoms with E-state index in [4.69, 9.17) is 5.11 Å². The Kier molecular flexibility index (Phi) is 6.14. The van der Waals surface area contributed by atoms with Crippen LogP contribution in [0, 0.1) is 6.92 Å². The molecule has 0 amide bonds. The van der Waals surface area contributed by atoms with Crippen LogP contribution in [0.4, 0.5) is 24.8 Å². The molecule has 0 saturated carbocycles. The fourth-order valence-electron chi connectivity index (χ4n) is 3.16. The fraction of sp³-hybridized carbons (Fsp3) is 0.182. The standard InChI is InChI=1S/C22H17F3N4O3S2/c1-11-7-12(9-13(8-11)28-20-26-6-5-16(29-20)22(23,24)25)15-10-27-19(34-15)21(2,32)17-4-3-14(33-17)18(30)31/h3-10,32H,1-2H3,(H,30,31)(H,26,28,29). The van der Waals surface area contributed by atoms with Crippen molar-refractivity contribution < 1.29 is 28.2 Å². The van der Waals surface area contributed by atoms with Gasteiger partial charge in [-0.25, -0.2) is 19.7 Å². The zero-order valence-electron chi connectivity index (χ0n) is 17.7. The fourth-order valence-corrected chi connectivity index (χ4v) is 5.08. The largest absolute Gasteiger partial charge is 0.477 e. The van der Waals surface area contributed by atoms with Gasteiger partial charge in [-0.3, -0.25) is 0 Å². The van der Waals surface area contributed by atoms with Crippen molar-refractivity contribution in [2.45, 2.75) is 25.6 Å². The van der Waals surface area contributed by atoms with E-state index in [2.05, 4.69) is 20.3 Å². The van der Waals surface area contributed by atoms with Crippen LogP contribution in [0.25, 0.3) is 10.4 Å². The molecule has 34 heavy (non-hydrogen) atoms. The first kappa shape index (κ1) is 23.8. The van der Waals surface area contributed by atoms with Gasteiger partial charge < -0.3 is 15.5 Å². The normalized spacial score (nSPS) is 13.5. The van der Waals surface area contributed by atoms with Crippen LogP contribution in [0.2, 0.25) is 0 Å². The van der Waals surface area contributed by atoms with Crippen molar-refractivity contribution in [2.75, 3.05) is 5.32 Å². The second kappa shape index (κ2) is 8.78. The summed E-state index contributed by atoms with van der Waals surface area (Å²) < 4.78 is 38.8. The molecule has 0 radical (unpaired) electrons. The van der Waals surface area contributed by atoms with Gasteiger partial charge in [0.2, 0.25) is 5.95 Å². The summed E-state index contributed by atoms with van der Waals surface area (Å²) in [4.78, 5) is 24.2. The number of aromatic nitrogens is 3. The second-order valence-corrected chi connectivity index (χ2v) is 9.66. The highest BCUT2D eigenvalue weighted by atomic mass is 32.1. The van der Waals surface area contributed by atoms with Gasteiger partial charge in [0.05, 0.1) is 4.88 Å². The molecule has 0 saturated heterocycles. The summed E-state index contributed by atoms with van der Waals surface area (Å²) in [6.45, 7) is 3.38. The van der Waals surface area contributed by atoms with Gasteiger partial charge in [-0.05, 0) is 55.3 Å². The third-order valence-electron chi connectivity index (χ3n) is 4.78. The maximum atomic E-state index is 12.9. The maximum absolute atomic E-state index is 12.9. The van der Waals surface area contributed by atoms with Gasteiger partial charge in [-0.2, -0.15) is 13.2 Å². The monoisotopic (exact) mass is 506 g/mol. The number of nitrogens with zero attached hydrogens (tertiary/aromatic N) is 3. The average Bonchev–Trinajstić information content (AvgIpc) is 3.44. The summed E-state index contributed by atoms with van der Waals surface area (Å²) in [5.41, 5.74) is -0.491. The molecule has 0 aliphatic heterocycles. The Hall–Kier alpha value is -3.35. The highest BCUT2D eigenvalue weighted by Gasteiger charge is 2.33. The predicted molar refractivity (Wildman–Crippen MR) is 123 cm³/mol. The first-order valence-corrected chi connectivity index (χ1v) is 11.4. The highest BCUT2D eigenvalue weighted by Crippen LogP contribution is 2.39. The number of benzene rings is 1. The summed E-state index contributed by atoms with van der Waals surface area (Å²) in [6.07, 6.45) is -1.97. The smallest absolute Gasteiger partial charge is 0.433 e. The van der Waals surface area contributed by atoms with Crippen molar-refractivity contribution in [1.29, 1.82) is 0 Å². The molecule has 4 aromatic rings. The zero-order chi connectivity index (χ0) is 24.7. The highest BCUT2D eigenvalue weighted by molar-refractivity contribution is 7.16. The van der Waals surface area contributed by atoms with Crippen LogP contribution in [0.15, 0.2) is 48.8 Å². The quantitative estimate of drug-likeness (QED) is 0.308. The first-order chi connectivity index (χ1) is 15.9. The van der Waals surface area contributed by atoms with Crippen LogP contribution in [-0.4, -0.2) is 31.1 Å². The number of carboxylic acid groups (broad SMARTS) is 1. The lowest BCUT2D eigenvalue weighted by molar-refractivity contribution is -0.141. The Morgan fingerprint density at radius 3 is 2.53 bits per heavy atom. The molecule has 3 N–H and O–H groups in total. The number of rotatable bonds is 6. The molecule has 1 aromatic carbocycles. The summed E-state index contributed by atoms with van der Waals surface area (Å²) in [6, 6.07) is 9.11. The van der Waals surface area contributed by atoms with Crippen molar-refractivity contribution in [3.05, 3.63) is 74.8 Å². The Morgan fingerprint density at radius 2 is 1.85 bits per heavy atom. The van der Waals surface area contributed by atoms with Crippen LogP contribution >= 0.6 is 22.7 Å². The predicted octanol–water partition coefficient (Wildman–Crippen LogP) is 5.69. The molecule has 176 valence electrons. The van der Waals surface area contributed by atoms with Crippen molar-refractivity contribution >= 4 is 40.3 Å². The number of alkyl halides is 3. The Bertz CT molecular complexity index is 1370. The number of anilines is 2. The van der Waals surface area contributed by atoms with Crippen LogP contribution < -0.4 is 5.32 Å². The number of hydrogen-bond donors (Lipinski definition) is 3. The number of carbonyl (C=O) groups is 1. The van der Waals surface area contributed by atoms with Gasteiger partial charge in [-0.15, -0.1) is 22.7 Å². The van der Waals surface area contributed by atoms with E-state index in [-0.39, 0.29) is 10.8 Å². The zero-order valence-corrected chi connectivity index (χ0v) is 19.3. The van der Waals surface area contributed by atoms with Crippen LogP contribution in [-0.2, 0) is 11.8 Å². The second-order valence-electron chi connectivity index (χ2n) is 7.55. The lowest BCUT2D eigenvalue weighted by Gasteiger charge is -2.18. The molecule has 3 heterocycles. The van der Waals surface area contributed by atoms with E-state index < -0.39 is 23.4 Å². The van der Waals surface area contributed by atoms with Gasteiger partial charge in [0.15, 0.2) is 0 Å². The number of thiazole rings is 1. The number of carboxylic acids is 1. The van der Waals surface area contributed by atoms with Crippen LogP contribution in [0.3, 0.4) is 0 Å². The number of aromatic carboxylic acids is 1. The summed E-state index contributed by atoms with van der Waals surface area (Å²) in [5.74, 6) is -1.26. The number of nitrogens with one attached hydrogen (secondary N) is 1. The molecule has 0 spiro atoms. The number of hydrogen-bond acceptors (Lipinski definition) is 8. The minimum absolute atomic E-state index is 0.110. The molecule has 0 bridgehead atoms. The molecule has 4 rings (SSSR count). The van der Waals surface area contributed by atoms with Gasteiger partial charge in [-0.1, -0.05) is 6.07 Å². The van der Waals surface area contributed by atoms with Crippen molar-refractivity contribution in [3.63, 3.8) is 0 Å². The molecule has 3 aromatic heterocycles. The molecule has 0 aliphatic rings. The molecular weight excluding hydrogens is 489 g/mol. The third kappa shape index (κ3) is 4.93. The van der Waals surface area contributed by atoms with Gasteiger partial charge in [0, 0.05) is 23.0 Å². The van der Waals surface area contributed by atoms with Crippen LogP contribution in [0.1, 0.15) is 37.7 Å². The molecule has 0 fully saturated rings.